The second-order valence-corrected chi connectivity index (χ2v) is 4.84. The van der Waals surface area contributed by atoms with E-state index in [4.69, 9.17) is 5.11 Å². The Bertz CT molecular complexity index is 668. The monoisotopic (exact) mass is 286 g/mol. The Morgan fingerprint density at radius 1 is 1.24 bits per heavy atom. The fourth-order valence-corrected chi connectivity index (χ4v) is 2.46. The van der Waals surface area contributed by atoms with Crippen LogP contribution in [0.4, 0.5) is 0 Å². The number of rotatable bonds is 3. The van der Waals surface area contributed by atoms with Gasteiger partial charge in [-0.15, -0.1) is 5.10 Å². The van der Waals surface area contributed by atoms with Crippen LogP contribution in [0, 0.1) is 0 Å². The first kappa shape index (κ1) is 13.3. The Balaban J connectivity index is 1.83. The van der Waals surface area contributed by atoms with E-state index in [2.05, 4.69) is 10.1 Å². The van der Waals surface area contributed by atoms with E-state index in [1.54, 1.807) is 0 Å². The van der Waals surface area contributed by atoms with Crippen molar-refractivity contribution < 1.29 is 14.7 Å². The summed E-state index contributed by atoms with van der Waals surface area (Å²) in [5.41, 5.74) is 0.792. The molecule has 3 rings (SSSR count). The number of para-hydroxylation sites is 1. The van der Waals surface area contributed by atoms with Gasteiger partial charge < -0.3 is 10.0 Å². The number of carboxylic acids is 1. The number of nitrogens with zero attached hydrogens (tertiary/aromatic N) is 4. The van der Waals surface area contributed by atoms with Gasteiger partial charge in [-0.05, 0) is 25.0 Å². The molecule has 1 fully saturated rings. The summed E-state index contributed by atoms with van der Waals surface area (Å²) in [5, 5.41) is 13.3. The minimum absolute atomic E-state index is 0.0204. The third-order valence-electron chi connectivity index (χ3n) is 3.50. The van der Waals surface area contributed by atoms with Crippen molar-refractivity contribution in [2.24, 2.45) is 0 Å². The minimum Gasteiger partial charge on any atom is -0.480 e. The normalized spacial score (nSPS) is 17.9. The molecule has 2 aromatic rings. The summed E-state index contributed by atoms with van der Waals surface area (Å²) in [7, 11) is 0. The molecule has 1 atom stereocenters. The van der Waals surface area contributed by atoms with Crippen molar-refractivity contribution in [2.75, 3.05) is 6.54 Å². The fraction of sp³-hybridized carbons (Fsp3) is 0.286. The predicted molar refractivity (Wildman–Crippen MR) is 73.1 cm³/mol. The summed E-state index contributed by atoms with van der Waals surface area (Å²) in [6, 6.07) is 8.52. The molecule has 1 N–H and O–H groups in total. The molecule has 7 nitrogen and oxygen atoms in total. The lowest BCUT2D eigenvalue weighted by Crippen LogP contribution is -2.40. The van der Waals surface area contributed by atoms with Gasteiger partial charge in [-0.1, -0.05) is 18.2 Å². The molecule has 7 heteroatoms. The summed E-state index contributed by atoms with van der Waals surface area (Å²) >= 11 is 0. The average molecular weight is 286 g/mol. The number of benzene rings is 1. The molecule has 1 aliphatic heterocycles. The highest BCUT2D eigenvalue weighted by Crippen LogP contribution is 2.19. The Morgan fingerprint density at radius 2 is 2.00 bits per heavy atom. The minimum atomic E-state index is -0.983. The molecule has 0 spiro atoms. The molecular formula is C14H14N4O3. The quantitative estimate of drug-likeness (QED) is 0.907. The number of carbonyl (C=O) groups is 2. The zero-order chi connectivity index (χ0) is 14.8. The first-order valence-electron chi connectivity index (χ1n) is 6.67. The van der Waals surface area contributed by atoms with E-state index in [9.17, 15) is 9.59 Å². The lowest BCUT2D eigenvalue weighted by atomic mass is 10.2. The van der Waals surface area contributed by atoms with Crippen molar-refractivity contribution in [1.29, 1.82) is 0 Å². The van der Waals surface area contributed by atoms with E-state index < -0.39 is 17.9 Å². The molecule has 1 aromatic carbocycles. The van der Waals surface area contributed by atoms with Crippen LogP contribution in [0.2, 0.25) is 0 Å². The van der Waals surface area contributed by atoms with E-state index >= 15 is 0 Å². The van der Waals surface area contributed by atoms with Crippen molar-refractivity contribution in [3.05, 3.63) is 42.5 Å². The van der Waals surface area contributed by atoms with Gasteiger partial charge in [-0.2, -0.15) is 0 Å². The van der Waals surface area contributed by atoms with E-state index in [1.807, 2.05) is 30.3 Å². The second-order valence-electron chi connectivity index (χ2n) is 4.84. The highest BCUT2D eigenvalue weighted by Gasteiger charge is 2.35. The van der Waals surface area contributed by atoms with Crippen LogP contribution in [-0.2, 0) is 4.79 Å². The van der Waals surface area contributed by atoms with E-state index in [0.717, 1.165) is 5.69 Å². The number of aliphatic carboxylic acids is 1. The SMILES string of the molecule is O=C(O)[C@H]1CCCN1C(=O)c1ncn(-c2ccccc2)n1. The van der Waals surface area contributed by atoms with E-state index in [-0.39, 0.29) is 5.82 Å². The zero-order valence-corrected chi connectivity index (χ0v) is 11.2. The van der Waals surface area contributed by atoms with Crippen LogP contribution in [0.3, 0.4) is 0 Å². The van der Waals surface area contributed by atoms with Crippen LogP contribution < -0.4 is 0 Å². The number of likely N-dealkylation sites (tertiary alicyclic amines) is 1. The molecule has 0 bridgehead atoms. The lowest BCUT2D eigenvalue weighted by Gasteiger charge is -2.19. The Hall–Kier alpha value is -2.70. The fourth-order valence-electron chi connectivity index (χ4n) is 2.46. The number of carboxylic acid groups (broad SMARTS) is 1. The smallest absolute Gasteiger partial charge is 0.326 e. The van der Waals surface area contributed by atoms with Gasteiger partial charge in [0, 0.05) is 6.54 Å². The Morgan fingerprint density at radius 3 is 2.71 bits per heavy atom. The highest BCUT2D eigenvalue weighted by molar-refractivity contribution is 5.93. The first-order chi connectivity index (χ1) is 10.2. The van der Waals surface area contributed by atoms with Gasteiger partial charge in [0.15, 0.2) is 0 Å². The maximum Gasteiger partial charge on any atom is 0.326 e. The van der Waals surface area contributed by atoms with Crippen LogP contribution in [0.1, 0.15) is 23.5 Å². The summed E-state index contributed by atoms with van der Waals surface area (Å²) < 4.78 is 1.50. The van der Waals surface area contributed by atoms with Gasteiger partial charge in [0.2, 0.25) is 5.82 Å². The van der Waals surface area contributed by atoms with Gasteiger partial charge in [0.1, 0.15) is 12.4 Å². The number of carbonyl (C=O) groups excluding carboxylic acids is 1. The van der Waals surface area contributed by atoms with Crippen LogP contribution in [0.5, 0.6) is 0 Å². The third-order valence-corrected chi connectivity index (χ3v) is 3.50. The first-order valence-corrected chi connectivity index (χ1v) is 6.67. The molecule has 1 aliphatic rings. The molecule has 0 radical (unpaired) electrons. The maximum absolute atomic E-state index is 12.3. The summed E-state index contributed by atoms with van der Waals surface area (Å²) in [6.45, 7) is 0.426. The number of hydrogen-bond acceptors (Lipinski definition) is 4. The molecule has 1 saturated heterocycles. The van der Waals surface area contributed by atoms with Crippen molar-refractivity contribution in [3.8, 4) is 5.69 Å². The standard InChI is InChI=1S/C14H14N4O3/c19-13(17-8-4-7-11(17)14(20)21)12-15-9-18(16-12)10-5-2-1-3-6-10/h1-3,5-6,9,11H,4,7-8H2,(H,20,21)/t11-/m1/s1. The van der Waals surface area contributed by atoms with Gasteiger partial charge in [0.25, 0.3) is 5.91 Å². The molecule has 2 heterocycles. The van der Waals surface area contributed by atoms with E-state index in [0.29, 0.717) is 19.4 Å². The van der Waals surface area contributed by atoms with Crippen LogP contribution in [0.15, 0.2) is 36.7 Å². The Kier molecular flexibility index (Phi) is 3.39. The van der Waals surface area contributed by atoms with Gasteiger partial charge in [-0.25, -0.2) is 14.5 Å². The van der Waals surface area contributed by atoms with Crippen molar-refractivity contribution in [1.82, 2.24) is 19.7 Å². The highest BCUT2D eigenvalue weighted by atomic mass is 16.4. The maximum atomic E-state index is 12.3. The molecule has 1 aromatic heterocycles. The molecule has 108 valence electrons. The largest absolute Gasteiger partial charge is 0.480 e. The van der Waals surface area contributed by atoms with Gasteiger partial charge in [-0.3, -0.25) is 4.79 Å². The van der Waals surface area contributed by atoms with Crippen LogP contribution >= 0.6 is 0 Å². The zero-order valence-electron chi connectivity index (χ0n) is 11.2. The van der Waals surface area contributed by atoms with Crippen molar-refractivity contribution in [2.45, 2.75) is 18.9 Å². The van der Waals surface area contributed by atoms with Gasteiger partial charge >= 0.3 is 5.97 Å². The summed E-state index contributed by atoms with van der Waals surface area (Å²) in [4.78, 5) is 28.8. The van der Waals surface area contributed by atoms with Gasteiger partial charge in [0.05, 0.1) is 5.69 Å². The molecule has 1 amide bonds. The van der Waals surface area contributed by atoms with Crippen molar-refractivity contribution >= 4 is 11.9 Å². The van der Waals surface area contributed by atoms with E-state index in [1.165, 1.54) is 15.9 Å². The topological polar surface area (TPSA) is 88.3 Å². The number of hydrogen-bond donors (Lipinski definition) is 1. The number of aromatic nitrogens is 3. The molecule has 0 unspecified atom stereocenters. The van der Waals surface area contributed by atoms with Crippen LogP contribution in [0.25, 0.3) is 5.69 Å². The Labute approximate surface area is 120 Å². The average Bonchev–Trinajstić information content (AvgIpc) is 3.17. The lowest BCUT2D eigenvalue weighted by molar-refractivity contribution is -0.141. The summed E-state index contributed by atoms with van der Waals surface area (Å²) in [6.07, 6.45) is 2.61. The number of amides is 1. The predicted octanol–water partition coefficient (Wildman–Crippen LogP) is 0.956. The third kappa shape index (κ3) is 2.49. The molecule has 21 heavy (non-hydrogen) atoms. The summed E-state index contributed by atoms with van der Waals surface area (Å²) in [5.74, 6) is -1.40. The molecule has 0 aliphatic carbocycles. The van der Waals surface area contributed by atoms with Crippen molar-refractivity contribution in [3.63, 3.8) is 0 Å². The molecule has 0 saturated carbocycles. The second kappa shape index (κ2) is 5.35. The van der Waals surface area contributed by atoms with Crippen LogP contribution in [-0.4, -0.2) is 49.2 Å². The molecular weight excluding hydrogens is 272 g/mol.